The smallest absolute Gasteiger partial charge is 0.323 e. The summed E-state index contributed by atoms with van der Waals surface area (Å²) in [7, 11) is 0. The van der Waals surface area contributed by atoms with Gasteiger partial charge in [0.1, 0.15) is 0 Å². The summed E-state index contributed by atoms with van der Waals surface area (Å²) in [6.07, 6.45) is 7.93. The lowest BCUT2D eigenvalue weighted by atomic mass is 10.1. The number of hydrazone groups is 1. The lowest BCUT2D eigenvalue weighted by Gasteiger charge is -2.28. The maximum atomic E-state index is 5.87. The van der Waals surface area contributed by atoms with Crippen LogP contribution in [0.3, 0.4) is 0 Å². The third-order valence-electron chi connectivity index (χ3n) is 5.66. The Hall–Kier alpha value is -4.27. The van der Waals surface area contributed by atoms with Crippen molar-refractivity contribution in [3.8, 4) is 6.01 Å². The lowest BCUT2D eigenvalue weighted by molar-refractivity contribution is 0.294. The summed E-state index contributed by atoms with van der Waals surface area (Å²) in [5.74, 6) is 0.901. The van der Waals surface area contributed by atoms with Gasteiger partial charge < -0.3 is 14.6 Å². The Bertz CT molecular complexity index is 1290. The molecule has 0 saturated carbocycles. The molecule has 3 aromatic heterocycles. The number of fused-ring (bicyclic) bond motifs is 1. The van der Waals surface area contributed by atoms with Crippen LogP contribution in [0.2, 0.25) is 0 Å². The number of hydrogen-bond acceptors (Lipinski definition) is 8. The van der Waals surface area contributed by atoms with E-state index in [0.29, 0.717) is 24.9 Å². The first-order chi connectivity index (χ1) is 16.7. The minimum atomic E-state index is 0.259. The highest BCUT2D eigenvalue weighted by Crippen LogP contribution is 2.22. The van der Waals surface area contributed by atoms with Crippen LogP contribution in [0.5, 0.6) is 6.01 Å². The number of aromatic nitrogens is 5. The molecule has 34 heavy (non-hydrogen) atoms. The fraction of sp³-hybridized carbons (Fsp3) is 0.240. The number of H-pyrrole nitrogens is 1. The van der Waals surface area contributed by atoms with Crippen molar-refractivity contribution in [2.45, 2.75) is 19.3 Å². The molecule has 0 bridgehead atoms. The van der Waals surface area contributed by atoms with E-state index < -0.39 is 0 Å². The molecule has 4 heterocycles. The number of para-hydroxylation sites is 1. The Morgan fingerprint density at radius 2 is 1.94 bits per heavy atom. The first-order valence-corrected chi connectivity index (χ1v) is 11.3. The zero-order chi connectivity index (χ0) is 23.2. The molecule has 0 unspecified atom stereocenters. The number of pyridine rings is 1. The molecule has 9 nitrogen and oxygen atoms in total. The van der Waals surface area contributed by atoms with Gasteiger partial charge in [-0.1, -0.05) is 36.4 Å². The fourth-order valence-corrected chi connectivity index (χ4v) is 3.78. The second kappa shape index (κ2) is 10.1. The molecule has 1 aliphatic rings. The van der Waals surface area contributed by atoms with Crippen molar-refractivity contribution < 1.29 is 4.74 Å². The van der Waals surface area contributed by atoms with E-state index in [1.807, 2.05) is 48.7 Å². The topological polar surface area (TPSA) is 104 Å². The van der Waals surface area contributed by atoms with Crippen LogP contribution in [0.25, 0.3) is 10.9 Å². The molecule has 0 radical (unpaired) electrons. The molecule has 1 saturated heterocycles. The van der Waals surface area contributed by atoms with Gasteiger partial charge in [0.25, 0.3) is 5.95 Å². The quantitative estimate of drug-likeness (QED) is 0.236. The largest absolute Gasteiger partial charge is 0.463 e. The van der Waals surface area contributed by atoms with E-state index in [9.17, 15) is 0 Å². The van der Waals surface area contributed by atoms with Crippen molar-refractivity contribution in [3.63, 3.8) is 0 Å². The van der Waals surface area contributed by atoms with Crippen LogP contribution in [-0.2, 0) is 6.42 Å². The predicted octanol–water partition coefficient (Wildman–Crippen LogP) is 3.97. The molecule has 0 aliphatic carbocycles. The summed E-state index contributed by atoms with van der Waals surface area (Å²) in [6, 6.07) is 14.2. The molecular weight excluding hydrogens is 428 g/mol. The SMILES string of the molecule is C=C1CCN(c2nc(N/N=C/c3c[nH]c4ccccc34)nc(OCCc3ccccn3)n2)CC1. The van der Waals surface area contributed by atoms with Crippen LogP contribution in [0.4, 0.5) is 11.9 Å². The van der Waals surface area contributed by atoms with Crippen LogP contribution >= 0.6 is 0 Å². The summed E-state index contributed by atoms with van der Waals surface area (Å²) in [4.78, 5) is 23.2. The number of aromatic amines is 1. The molecule has 172 valence electrons. The number of nitrogens with one attached hydrogen (secondary N) is 2. The van der Waals surface area contributed by atoms with E-state index >= 15 is 0 Å². The van der Waals surface area contributed by atoms with Gasteiger partial charge in [-0.2, -0.15) is 20.1 Å². The summed E-state index contributed by atoms with van der Waals surface area (Å²) in [5, 5.41) is 5.45. The molecular formula is C25H26N8O. The Morgan fingerprint density at radius 3 is 2.79 bits per heavy atom. The Labute approximate surface area is 197 Å². The first kappa shape index (κ1) is 21.6. The number of anilines is 2. The Kier molecular flexibility index (Phi) is 6.42. The van der Waals surface area contributed by atoms with Crippen LogP contribution in [-0.4, -0.2) is 50.8 Å². The number of piperidine rings is 1. The van der Waals surface area contributed by atoms with Gasteiger partial charge in [0.05, 0.1) is 12.8 Å². The van der Waals surface area contributed by atoms with Crippen molar-refractivity contribution in [1.82, 2.24) is 24.9 Å². The third-order valence-corrected chi connectivity index (χ3v) is 5.66. The van der Waals surface area contributed by atoms with Gasteiger partial charge in [-0.3, -0.25) is 4.98 Å². The van der Waals surface area contributed by atoms with Crippen molar-refractivity contribution >= 4 is 29.0 Å². The standard InChI is InChI=1S/C25H26N8O/c1-18-9-13-33(14-10-18)24-29-23(30-25(31-24)34-15-11-20-6-4-5-12-26-20)32-28-17-19-16-27-22-8-3-2-7-21(19)22/h2-8,12,16-17,27H,1,9-11,13-15H2,(H,29,30,31,32)/b28-17+. The molecule has 1 aromatic carbocycles. The average molecular weight is 455 g/mol. The number of rotatable bonds is 8. The van der Waals surface area contributed by atoms with E-state index in [1.165, 1.54) is 5.57 Å². The van der Waals surface area contributed by atoms with Gasteiger partial charge in [-0.25, -0.2) is 5.43 Å². The van der Waals surface area contributed by atoms with Gasteiger partial charge in [0, 0.05) is 54.1 Å². The molecule has 0 atom stereocenters. The van der Waals surface area contributed by atoms with Gasteiger partial charge >= 0.3 is 6.01 Å². The Balaban J connectivity index is 1.32. The molecule has 0 amide bonds. The molecule has 0 spiro atoms. The maximum absolute atomic E-state index is 5.87. The number of nitrogens with zero attached hydrogens (tertiary/aromatic N) is 6. The molecule has 2 N–H and O–H groups in total. The van der Waals surface area contributed by atoms with Crippen molar-refractivity contribution in [2.75, 3.05) is 30.0 Å². The highest BCUT2D eigenvalue weighted by atomic mass is 16.5. The van der Waals surface area contributed by atoms with Crippen LogP contribution in [0, 0.1) is 0 Å². The van der Waals surface area contributed by atoms with Crippen LogP contribution in [0.1, 0.15) is 24.1 Å². The predicted molar refractivity (Wildman–Crippen MR) is 133 cm³/mol. The molecule has 4 aromatic rings. The van der Waals surface area contributed by atoms with Crippen LogP contribution < -0.4 is 15.1 Å². The normalized spacial score (nSPS) is 14.1. The van der Waals surface area contributed by atoms with Gasteiger partial charge in [0.2, 0.25) is 5.95 Å². The van der Waals surface area contributed by atoms with E-state index in [2.05, 4.69) is 46.9 Å². The van der Waals surface area contributed by atoms with E-state index in [-0.39, 0.29) is 6.01 Å². The summed E-state index contributed by atoms with van der Waals surface area (Å²) in [6.45, 7) is 6.13. The van der Waals surface area contributed by atoms with E-state index in [4.69, 9.17) is 4.74 Å². The first-order valence-electron chi connectivity index (χ1n) is 11.3. The number of benzene rings is 1. The minimum Gasteiger partial charge on any atom is -0.463 e. The number of hydrogen-bond donors (Lipinski definition) is 2. The van der Waals surface area contributed by atoms with Crippen LogP contribution in [0.15, 0.2) is 72.1 Å². The average Bonchev–Trinajstić information content (AvgIpc) is 3.28. The molecule has 1 aliphatic heterocycles. The monoisotopic (exact) mass is 454 g/mol. The fourth-order valence-electron chi connectivity index (χ4n) is 3.78. The highest BCUT2D eigenvalue weighted by Gasteiger charge is 2.18. The number of ether oxygens (including phenoxy) is 1. The summed E-state index contributed by atoms with van der Waals surface area (Å²) in [5.41, 5.74) is 7.17. The van der Waals surface area contributed by atoms with Gasteiger partial charge in [-0.15, -0.1) is 0 Å². The second-order valence-electron chi connectivity index (χ2n) is 8.06. The molecule has 9 heteroatoms. The van der Waals surface area contributed by atoms with Crippen molar-refractivity contribution in [2.24, 2.45) is 5.10 Å². The lowest BCUT2D eigenvalue weighted by Crippen LogP contribution is -2.32. The van der Waals surface area contributed by atoms with Crippen molar-refractivity contribution in [3.05, 3.63) is 78.3 Å². The van der Waals surface area contributed by atoms with E-state index in [1.54, 1.807) is 12.4 Å². The Morgan fingerprint density at radius 1 is 1.09 bits per heavy atom. The zero-order valence-electron chi connectivity index (χ0n) is 18.8. The van der Waals surface area contributed by atoms with Crippen molar-refractivity contribution in [1.29, 1.82) is 0 Å². The summed E-state index contributed by atoms with van der Waals surface area (Å²) >= 11 is 0. The molecule has 1 fully saturated rings. The third kappa shape index (κ3) is 5.20. The summed E-state index contributed by atoms with van der Waals surface area (Å²) < 4.78 is 5.87. The second-order valence-corrected chi connectivity index (χ2v) is 8.06. The maximum Gasteiger partial charge on any atom is 0.323 e. The highest BCUT2D eigenvalue weighted by molar-refractivity contribution is 5.99. The molecule has 5 rings (SSSR count). The van der Waals surface area contributed by atoms with Gasteiger partial charge in [0.15, 0.2) is 0 Å². The van der Waals surface area contributed by atoms with Gasteiger partial charge in [-0.05, 0) is 31.0 Å². The minimum absolute atomic E-state index is 0.259. The zero-order valence-corrected chi connectivity index (χ0v) is 18.8. The van der Waals surface area contributed by atoms with E-state index in [0.717, 1.165) is 48.1 Å².